The zero-order chi connectivity index (χ0) is 12.6. The van der Waals surface area contributed by atoms with Gasteiger partial charge in [0.2, 0.25) is 0 Å². The molecule has 0 bridgehead atoms. The molecule has 0 N–H and O–H groups in total. The van der Waals surface area contributed by atoms with Gasteiger partial charge in [0.25, 0.3) is 0 Å². The first kappa shape index (κ1) is 12.4. The molecule has 2 heteroatoms. The molecule has 0 saturated heterocycles. The Morgan fingerprint density at radius 1 is 1.00 bits per heavy atom. The highest BCUT2D eigenvalue weighted by molar-refractivity contribution is 6.22. The third kappa shape index (κ3) is 2.30. The van der Waals surface area contributed by atoms with E-state index in [0.717, 1.165) is 10.9 Å². The molecule has 0 spiro atoms. The minimum Gasteiger partial charge on any atom is -0.206 e. The molecular formula is C15H16ClF. The van der Waals surface area contributed by atoms with Crippen molar-refractivity contribution in [2.24, 2.45) is 5.41 Å². The molecule has 90 valence electrons. The van der Waals surface area contributed by atoms with Gasteiger partial charge < -0.3 is 0 Å². The smallest absolute Gasteiger partial charge is 0.131 e. The minimum atomic E-state index is -0.192. The molecule has 0 radical (unpaired) electrons. The van der Waals surface area contributed by atoms with E-state index in [4.69, 9.17) is 11.6 Å². The van der Waals surface area contributed by atoms with Crippen LogP contribution in [-0.2, 0) is 0 Å². The number of hydrogen-bond acceptors (Lipinski definition) is 0. The van der Waals surface area contributed by atoms with Crippen LogP contribution in [0, 0.1) is 11.2 Å². The van der Waals surface area contributed by atoms with Crippen molar-refractivity contribution in [3.05, 3.63) is 47.8 Å². The molecule has 0 aliphatic carbocycles. The third-order valence-electron chi connectivity index (χ3n) is 2.94. The van der Waals surface area contributed by atoms with Crippen LogP contribution in [0.2, 0.25) is 0 Å². The second-order valence-electron chi connectivity index (χ2n) is 5.41. The zero-order valence-electron chi connectivity index (χ0n) is 10.3. The molecule has 0 aliphatic heterocycles. The number of hydrogen-bond donors (Lipinski definition) is 0. The first-order chi connectivity index (χ1) is 7.91. The highest BCUT2D eigenvalue weighted by Gasteiger charge is 2.25. The van der Waals surface area contributed by atoms with Crippen molar-refractivity contribution >= 4 is 22.4 Å². The predicted octanol–water partition coefficient (Wildman–Crippen LogP) is 5.30. The van der Waals surface area contributed by atoms with Crippen LogP contribution in [0.4, 0.5) is 4.39 Å². The Morgan fingerprint density at radius 2 is 1.59 bits per heavy atom. The van der Waals surface area contributed by atoms with Crippen molar-refractivity contribution in [3.8, 4) is 0 Å². The Hall–Kier alpha value is -1.08. The first-order valence-corrected chi connectivity index (χ1v) is 6.16. The first-order valence-electron chi connectivity index (χ1n) is 5.72. The maximum Gasteiger partial charge on any atom is 0.131 e. The molecule has 0 aliphatic rings. The number of halogens is 2. The molecule has 0 amide bonds. The lowest BCUT2D eigenvalue weighted by Gasteiger charge is -2.26. The topological polar surface area (TPSA) is 0 Å². The van der Waals surface area contributed by atoms with E-state index in [1.165, 1.54) is 6.07 Å². The summed E-state index contributed by atoms with van der Waals surface area (Å²) in [5.41, 5.74) is 0.943. The quantitative estimate of drug-likeness (QED) is 0.602. The van der Waals surface area contributed by atoms with E-state index in [1.54, 1.807) is 12.1 Å². The van der Waals surface area contributed by atoms with Crippen LogP contribution in [0.5, 0.6) is 0 Å². The fourth-order valence-electron chi connectivity index (χ4n) is 1.97. The molecule has 2 aromatic carbocycles. The molecular weight excluding hydrogens is 235 g/mol. The average Bonchev–Trinajstić information content (AvgIpc) is 2.28. The molecule has 0 saturated carbocycles. The van der Waals surface area contributed by atoms with Crippen LogP contribution in [0.1, 0.15) is 31.7 Å². The van der Waals surface area contributed by atoms with Gasteiger partial charge in [-0.05, 0) is 22.4 Å². The van der Waals surface area contributed by atoms with E-state index in [0.29, 0.717) is 5.39 Å². The summed E-state index contributed by atoms with van der Waals surface area (Å²) < 4.78 is 13.7. The van der Waals surface area contributed by atoms with Crippen molar-refractivity contribution < 1.29 is 4.39 Å². The minimum absolute atomic E-state index is 0.0534. The molecule has 1 unspecified atom stereocenters. The van der Waals surface area contributed by atoms with Gasteiger partial charge in [-0.15, -0.1) is 11.6 Å². The standard InChI is InChI=1S/C15H16ClF/c1-15(2,3)14(16)12-8-9-13(17)11-7-5-4-6-10(11)12/h4-9,14H,1-3H3. The SMILES string of the molecule is CC(C)(C)C(Cl)c1ccc(F)c2ccccc12. The highest BCUT2D eigenvalue weighted by Crippen LogP contribution is 2.41. The number of fused-ring (bicyclic) bond motifs is 1. The lowest BCUT2D eigenvalue weighted by atomic mass is 9.85. The van der Waals surface area contributed by atoms with Gasteiger partial charge in [-0.25, -0.2) is 4.39 Å². The Morgan fingerprint density at radius 3 is 2.18 bits per heavy atom. The fourth-order valence-corrected chi connectivity index (χ4v) is 2.16. The normalized spacial score (nSPS) is 13.9. The second kappa shape index (κ2) is 4.30. The Bertz CT molecular complexity index is 540. The van der Waals surface area contributed by atoms with E-state index < -0.39 is 0 Å². The lowest BCUT2D eigenvalue weighted by Crippen LogP contribution is -2.13. The molecule has 0 aromatic heterocycles. The fraction of sp³-hybridized carbons (Fsp3) is 0.333. The summed E-state index contributed by atoms with van der Waals surface area (Å²) in [6.07, 6.45) is 0. The number of alkyl halides is 1. The van der Waals surface area contributed by atoms with Gasteiger partial charge in [0.05, 0.1) is 5.38 Å². The monoisotopic (exact) mass is 250 g/mol. The molecule has 2 rings (SSSR count). The van der Waals surface area contributed by atoms with E-state index in [1.807, 2.05) is 18.2 Å². The van der Waals surface area contributed by atoms with Crippen LogP contribution >= 0.6 is 11.6 Å². The van der Waals surface area contributed by atoms with Gasteiger partial charge in [-0.3, -0.25) is 0 Å². The van der Waals surface area contributed by atoms with Gasteiger partial charge in [-0.2, -0.15) is 0 Å². The van der Waals surface area contributed by atoms with Crippen molar-refractivity contribution in [1.82, 2.24) is 0 Å². The van der Waals surface area contributed by atoms with Gasteiger partial charge in [0.1, 0.15) is 5.82 Å². The van der Waals surface area contributed by atoms with E-state index in [2.05, 4.69) is 20.8 Å². The van der Waals surface area contributed by atoms with Crippen LogP contribution < -0.4 is 0 Å². The summed E-state index contributed by atoms with van der Waals surface area (Å²) in [4.78, 5) is 0. The maximum absolute atomic E-state index is 13.7. The van der Waals surface area contributed by atoms with Crippen LogP contribution in [0.15, 0.2) is 36.4 Å². The molecule has 17 heavy (non-hydrogen) atoms. The summed E-state index contributed by atoms with van der Waals surface area (Å²) in [6, 6.07) is 10.8. The Balaban J connectivity index is 2.67. The Kier molecular flexibility index (Phi) is 3.13. The summed E-state index contributed by atoms with van der Waals surface area (Å²) >= 11 is 6.49. The molecule has 0 heterocycles. The highest BCUT2D eigenvalue weighted by atomic mass is 35.5. The van der Waals surface area contributed by atoms with E-state index in [9.17, 15) is 4.39 Å². The van der Waals surface area contributed by atoms with Crippen LogP contribution in [-0.4, -0.2) is 0 Å². The van der Waals surface area contributed by atoms with Crippen molar-refractivity contribution in [2.75, 3.05) is 0 Å². The van der Waals surface area contributed by atoms with Gasteiger partial charge >= 0.3 is 0 Å². The van der Waals surface area contributed by atoms with Gasteiger partial charge in [0, 0.05) is 5.39 Å². The average molecular weight is 251 g/mol. The van der Waals surface area contributed by atoms with Crippen molar-refractivity contribution in [1.29, 1.82) is 0 Å². The number of benzene rings is 2. The van der Waals surface area contributed by atoms with Crippen molar-refractivity contribution in [2.45, 2.75) is 26.1 Å². The zero-order valence-corrected chi connectivity index (χ0v) is 11.1. The molecule has 0 nitrogen and oxygen atoms in total. The summed E-state index contributed by atoms with van der Waals surface area (Å²) in [6.45, 7) is 6.26. The van der Waals surface area contributed by atoms with Crippen LogP contribution in [0.3, 0.4) is 0 Å². The maximum atomic E-state index is 13.7. The van der Waals surface area contributed by atoms with Gasteiger partial charge in [0.15, 0.2) is 0 Å². The van der Waals surface area contributed by atoms with Gasteiger partial charge in [-0.1, -0.05) is 51.1 Å². The number of rotatable bonds is 1. The van der Waals surface area contributed by atoms with E-state index in [-0.39, 0.29) is 16.6 Å². The van der Waals surface area contributed by atoms with E-state index >= 15 is 0 Å². The lowest BCUT2D eigenvalue weighted by molar-refractivity contribution is 0.397. The van der Waals surface area contributed by atoms with Crippen LogP contribution in [0.25, 0.3) is 10.8 Å². The third-order valence-corrected chi connectivity index (χ3v) is 3.83. The summed E-state index contributed by atoms with van der Waals surface area (Å²) in [7, 11) is 0. The largest absolute Gasteiger partial charge is 0.206 e. The second-order valence-corrected chi connectivity index (χ2v) is 5.85. The predicted molar refractivity (Wildman–Crippen MR) is 72.0 cm³/mol. The molecule has 2 aromatic rings. The summed E-state index contributed by atoms with van der Waals surface area (Å²) in [5, 5.41) is 1.41. The Labute approximate surface area is 106 Å². The molecule has 1 atom stereocenters. The van der Waals surface area contributed by atoms with Crippen molar-refractivity contribution in [3.63, 3.8) is 0 Å². The summed E-state index contributed by atoms with van der Waals surface area (Å²) in [5.74, 6) is -0.192. The molecule has 0 fully saturated rings.